The van der Waals surface area contributed by atoms with Gasteiger partial charge in [0, 0.05) is 10.4 Å². The highest BCUT2D eigenvalue weighted by atomic mass is 32.1. The van der Waals surface area contributed by atoms with Crippen molar-refractivity contribution in [2.24, 2.45) is 11.7 Å². The maximum atomic E-state index is 6.73. The molecule has 1 aliphatic rings. The van der Waals surface area contributed by atoms with Crippen LogP contribution < -0.4 is 5.73 Å². The molecule has 0 saturated heterocycles. The van der Waals surface area contributed by atoms with Crippen molar-refractivity contribution in [1.82, 2.24) is 4.98 Å². The highest BCUT2D eigenvalue weighted by molar-refractivity contribution is 7.12. The molecule has 2 atom stereocenters. The van der Waals surface area contributed by atoms with Crippen LogP contribution in [0, 0.1) is 5.92 Å². The lowest BCUT2D eigenvalue weighted by molar-refractivity contribution is 0.238. The molecule has 2 N–H and O–H groups in total. The molecule has 3 rings (SSSR count). The van der Waals surface area contributed by atoms with Gasteiger partial charge in [0.25, 0.3) is 0 Å². The van der Waals surface area contributed by atoms with Crippen molar-refractivity contribution >= 4 is 11.3 Å². The summed E-state index contributed by atoms with van der Waals surface area (Å²) in [6, 6.07) is 10.5. The molecule has 0 aliphatic heterocycles. The van der Waals surface area contributed by atoms with Gasteiger partial charge in [0.1, 0.15) is 5.01 Å². The van der Waals surface area contributed by atoms with E-state index >= 15 is 0 Å². The van der Waals surface area contributed by atoms with Crippen molar-refractivity contribution in [3.05, 3.63) is 40.2 Å². The van der Waals surface area contributed by atoms with Crippen molar-refractivity contribution in [3.8, 4) is 11.3 Å². The predicted octanol–water partition coefficient (Wildman–Crippen LogP) is 4.74. The van der Waals surface area contributed by atoms with Crippen molar-refractivity contribution in [2.75, 3.05) is 0 Å². The first kappa shape index (κ1) is 14.7. The summed E-state index contributed by atoms with van der Waals surface area (Å²) in [5.41, 5.74) is 8.88. The van der Waals surface area contributed by atoms with E-state index < -0.39 is 0 Å². The highest BCUT2D eigenvalue weighted by Crippen LogP contribution is 2.41. The van der Waals surface area contributed by atoms with E-state index in [1.165, 1.54) is 23.3 Å². The average molecular weight is 300 g/mol. The van der Waals surface area contributed by atoms with E-state index in [0.29, 0.717) is 5.92 Å². The van der Waals surface area contributed by atoms with E-state index in [9.17, 15) is 0 Å². The lowest BCUT2D eigenvalue weighted by Gasteiger charge is -2.35. The summed E-state index contributed by atoms with van der Waals surface area (Å²) in [5, 5.41) is 1.14. The van der Waals surface area contributed by atoms with E-state index in [-0.39, 0.29) is 5.54 Å². The van der Waals surface area contributed by atoms with Crippen molar-refractivity contribution < 1.29 is 0 Å². The minimum absolute atomic E-state index is 0.209. The topological polar surface area (TPSA) is 38.9 Å². The van der Waals surface area contributed by atoms with Gasteiger partial charge in [-0.3, -0.25) is 0 Å². The van der Waals surface area contributed by atoms with Gasteiger partial charge in [-0.1, -0.05) is 57.0 Å². The standard InChI is InChI=1S/C18H24N2S/c1-3-15-16(14-9-5-4-6-10-14)20-17(21-15)18(19)11-7-8-13(2)12-18/h4-6,9-10,13H,3,7-8,11-12,19H2,1-2H3. The number of rotatable bonds is 3. The van der Waals surface area contributed by atoms with Crippen LogP contribution in [0.3, 0.4) is 0 Å². The zero-order chi connectivity index (χ0) is 14.9. The van der Waals surface area contributed by atoms with Gasteiger partial charge in [-0.05, 0) is 25.2 Å². The summed E-state index contributed by atoms with van der Waals surface area (Å²) in [4.78, 5) is 6.34. The molecule has 1 aliphatic carbocycles. The van der Waals surface area contributed by atoms with E-state index in [1.54, 1.807) is 0 Å². The van der Waals surface area contributed by atoms with Gasteiger partial charge < -0.3 is 5.73 Å². The van der Waals surface area contributed by atoms with Crippen molar-refractivity contribution in [1.29, 1.82) is 0 Å². The molecule has 1 heterocycles. The SMILES string of the molecule is CCc1sc(C2(N)CCCC(C)C2)nc1-c1ccccc1. The zero-order valence-electron chi connectivity index (χ0n) is 12.9. The van der Waals surface area contributed by atoms with Gasteiger partial charge in [0.15, 0.2) is 0 Å². The first-order valence-corrected chi connectivity index (χ1v) is 8.78. The monoisotopic (exact) mass is 300 g/mol. The summed E-state index contributed by atoms with van der Waals surface area (Å²) < 4.78 is 0. The van der Waals surface area contributed by atoms with Gasteiger partial charge in [0.05, 0.1) is 11.2 Å². The Morgan fingerprint density at radius 2 is 2.10 bits per heavy atom. The molecular formula is C18H24N2S. The third kappa shape index (κ3) is 2.90. The molecule has 1 aromatic heterocycles. The molecule has 0 amide bonds. The third-order valence-corrected chi connectivity index (χ3v) is 5.94. The Labute approximate surface area is 131 Å². The van der Waals surface area contributed by atoms with E-state index in [1.807, 2.05) is 11.3 Å². The van der Waals surface area contributed by atoms with Crippen molar-refractivity contribution in [2.45, 2.75) is 51.5 Å². The fraction of sp³-hybridized carbons (Fsp3) is 0.500. The molecule has 2 nitrogen and oxygen atoms in total. The number of thiazole rings is 1. The normalized spacial score (nSPS) is 26.0. The zero-order valence-corrected chi connectivity index (χ0v) is 13.7. The maximum absolute atomic E-state index is 6.73. The summed E-state index contributed by atoms with van der Waals surface area (Å²) >= 11 is 1.83. The molecule has 1 aromatic carbocycles. The van der Waals surface area contributed by atoms with Gasteiger partial charge in [-0.15, -0.1) is 11.3 Å². The Hall–Kier alpha value is -1.19. The van der Waals surface area contributed by atoms with Crippen LogP contribution in [-0.2, 0) is 12.0 Å². The Morgan fingerprint density at radius 1 is 1.33 bits per heavy atom. The molecule has 1 saturated carbocycles. The average Bonchev–Trinajstić information content (AvgIpc) is 2.93. The second kappa shape index (κ2) is 5.90. The van der Waals surface area contributed by atoms with Crippen LogP contribution in [0.1, 0.15) is 49.4 Å². The largest absolute Gasteiger partial charge is 0.319 e. The van der Waals surface area contributed by atoms with E-state index in [0.717, 1.165) is 30.0 Å². The molecule has 0 radical (unpaired) electrons. The fourth-order valence-corrected chi connectivity index (χ4v) is 4.58. The van der Waals surface area contributed by atoms with Crippen LogP contribution in [0.25, 0.3) is 11.3 Å². The van der Waals surface area contributed by atoms with Gasteiger partial charge in [-0.2, -0.15) is 0 Å². The summed E-state index contributed by atoms with van der Waals surface area (Å²) in [6.45, 7) is 4.52. The number of benzene rings is 1. The minimum Gasteiger partial charge on any atom is -0.319 e. The molecule has 2 aromatic rings. The van der Waals surface area contributed by atoms with Gasteiger partial charge in [0.2, 0.25) is 0 Å². The lowest BCUT2D eigenvalue weighted by atomic mass is 9.77. The van der Waals surface area contributed by atoms with Crippen LogP contribution in [-0.4, -0.2) is 4.98 Å². The van der Waals surface area contributed by atoms with Crippen LogP contribution >= 0.6 is 11.3 Å². The Morgan fingerprint density at radius 3 is 2.76 bits per heavy atom. The predicted molar refractivity (Wildman–Crippen MR) is 90.4 cm³/mol. The Kier molecular flexibility index (Phi) is 4.14. The van der Waals surface area contributed by atoms with E-state index in [2.05, 4.69) is 44.2 Å². The molecule has 0 bridgehead atoms. The van der Waals surface area contributed by atoms with Crippen LogP contribution in [0.5, 0.6) is 0 Å². The van der Waals surface area contributed by atoms with Gasteiger partial charge in [-0.25, -0.2) is 4.98 Å². The number of aromatic nitrogens is 1. The molecule has 112 valence electrons. The number of hydrogen-bond donors (Lipinski definition) is 1. The van der Waals surface area contributed by atoms with Crippen molar-refractivity contribution in [3.63, 3.8) is 0 Å². The maximum Gasteiger partial charge on any atom is 0.113 e. The molecule has 1 fully saturated rings. The van der Waals surface area contributed by atoms with Crippen LogP contribution in [0.15, 0.2) is 30.3 Å². The van der Waals surface area contributed by atoms with Crippen LogP contribution in [0.4, 0.5) is 0 Å². The number of hydrogen-bond acceptors (Lipinski definition) is 3. The molecule has 2 unspecified atom stereocenters. The van der Waals surface area contributed by atoms with E-state index in [4.69, 9.17) is 10.7 Å². The summed E-state index contributed by atoms with van der Waals surface area (Å²) in [7, 11) is 0. The Bertz CT molecular complexity index is 605. The highest BCUT2D eigenvalue weighted by Gasteiger charge is 2.36. The number of aryl methyl sites for hydroxylation is 1. The molecule has 21 heavy (non-hydrogen) atoms. The smallest absolute Gasteiger partial charge is 0.113 e. The third-order valence-electron chi connectivity index (χ3n) is 4.52. The lowest BCUT2D eigenvalue weighted by Crippen LogP contribution is -2.40. The quantitative estimate of drug-likeness (QED) is 0.889. The number of nitrogens with two attached hydrogens (primary N) is 1. The molecule has 3 heteroatoms. The first-order valence-electron chi connectivity index (χ1n) is 7.97. The molecule has 0 spiro atoms. The second-order valence-corrected chi connectivity index (χ2v) is 7.45. The van der Waals surface area contributed by atoms with Gasteiger partial charge >= 0.3 is 0 Å². The summed E-state index contributed by atoms with van der Waals surface area (Å²) in [5.74, 6) is 0.706. The van der Waals surface area contributed by atoms with Crippen LogP contribution in [0.2, 0.25) is 0 Å². The summed E-state index contributed by atoms with van der Waals surface area (Å²) in [6.07, 6.45) is 5.68. The Balaban J connectivity index is 2.00. The number of nitrogens with zero attached hydrogens (tertiary/aromatic N) is 1. The first-order chi connectivity index (χ1) is 10.1. The fourth-order valence-electron chi connectivity index (χ4n) is 3.41. The second-order valence-electron chi connectivity index (χ2n) is 6.37. The molecular weight excluding hydrogens is 276 g/mol. The minimum atomic E-state index is -0.209.